The van der Waals surface area contributed by atoms with E-state index < -0.39 is 0 Å². The molecule has 2 aromatic heterocycles. The molecule has 38 heavy (non-hydrogen) atoms. The molecule has 1 atom stereocenters. The maximum Gasteiger partial charge on any atom is 0.322 e. The van der Waals surface area contributed by atoms with Crippen LogP contribution in [0.3, 0.4) is 0 Å². The maximum absolute atomic E-state index is 14.0. The second-order valence-electron chi connectivity index (χ2n) is 9.26. The number of ether oxygens (including phenoxy) is 1. The lowest BCUT2D eigenvalue weighted by molar-refractivity contribution is 0.194. The van der Waals surface area contributed by atoms with Crippen molar-refractivity contribution in [3.63, 3.8) is 0 Å². The smallest absolute Gasteiger partial charge is 0.322 e. The lowest BCUT2D eigenvalue weighted by Gasteiger charge is -2.31. The summed E-state index contributed by atoms with van der Waals surface area (Å²) in [6.07, 6.45) is 2.80. The van der Waals surface area contributed by atoms with Crippen LogP contribution in [0.25, 0.3) is 11.5 Å². The fourth-order valence-electron chi connectivity index (χ4n) is 5.23. The highest BCUT2D eigenvalue weighted by Crippen LogP contribution is 2.39. The molecule has 0 unspecified atom stereocenters. The molecule has 190 valence electrons. The Bertz CT molecular complexity index is 1570. The van der Waals surface area contributed by atoms with Crippen LogP contribution in [0, 0.1) is 0 Å². The van der Waals surface area contributed by atoms with E-state index in [1.54, 1.807) is 7.11 Å². The molecule has 0 saturated carbocycles. The van der Waals surface area contributed by atoms with E-state index in [2.05, 4.69) is 41.2 Å². The predicted molar refractivity (Wildman–Crippen MR) is 148 cm³/mol. The number of fused-ring (bicyclic) bond motifs is 3. The summed E-state index contributed by atoms with van der Waals surface area (Å²) in [4.78, 5) is 15.9. The van der Waals surface area contributed by atoms with E-state index in [1.165, 1.54) is 0 Å². The SMILES string of the molecule is CCc1nn(-c2ccccc2)c2c1CN(C(=O)Nc1ccccc1)[C@H](c1cccc(OC)c1)c1cccn1-2. The largest absolute Gasteiger partial charge is 0.497 e. The summed E-state index contributed by atoms with van der Waals surface area (Å²) in [6, 6.07) is 31.2. The molecule has 1 aliphatic heterocycles. The van der Waals surface area contributed by atoms with E-state index in [4.69, 9.17) is 9.84 Å². The molecule has 6 rings (SSSR count). The first kappa shape index (κ1) is 23.6. The molecule has 0 radical (unpaired) electrons. The minimum atomic E-state index is -0.356. The molecule has 1 aliphatic rings. The molecular formula is C31H29N5O2. The van der Waals surface area contributed by atoms with Crippen molar-refractivity contribution in [2.24, 2.45) is 0 Å². The van der Waals surface area contributed by atoms with Gasteiger partial charge in [0.05, 0.1) is 36.8 Å². The third kappa shape index (κ3) is 4.12. The van der Waals surface area contributed by atoms with Crippen molar-refractivity contribution in [3.8, 4) is 17.3 Å². The molecule has 5 aromatic rings. The van der Waals surface area contributed by atoms with Crippen LogP contribution < -0.4 is 10.1 Å². The minimum absolute atomic E-state index is 0.181. The van der Waals surface area contributed by atoms with Crippen LogP contribution in [0.1, 0.15) is 35.5 Å². The summed E-state index contributed by atoms with van der Waals surface area (Å²) in [5.41, 5.74) is 5.66. The number of aryl methyl sites for hydroxylation is 1. The molecule has 1 N–H and O–H groups in total. The number of rotatable bonds is 5. The molecule has 0 fully saturated rings. The number of carbonyl (C=O) groups excluding carboxylic acids is 1. The van der Waals surface area contributed by atoms with E-state index in [1.807, 2.05) is 88.4 Å². The topological polar surface area (TPSA) is 64.3 Å². The first-order valence-electron chi connectivity index (χ1n) is 12.8. The minimum Gasteiger partial charge on any atom is -0.497 e. The third-order valence-corrected chi connectivity index (χ3v) is 7.00. The highest BCUT2D eigenvalue weighted by atomic mass is 16.5. The van der Waals surface area contributed by atoms with Crippen LogP contribution in [0.2, 0.25) is 0 Å². The second-order valence-corrected chi connectivity index (χ2v) is 9.26. The second kappa shape index (κ2) is 9.94. The molecule has 0 bridgehead atoms. The highest BCUT2D eigenvalue weighted by molar-refractivity contribution is 5.90. The highest BCUT2D eigenvalue weighted by Gasteiger charge is 2.36. The number of amides is 2. The summed E-state index contributed by atoms with van der Waals surface area (Å²) >= 11 is 0. The van der Waals surface area contributed by atoms with Gasteiger partial charge in [-0.1, -0.05) is 55.5 Å². The summed E-state index contributed by atoms with van der Waals surface area (Å²) < 4.78 is 9.73. The van der Waals surface area contributed by atoms with Gasteiger partial charge in [0.1, 0.15) is 11.6 Å². The summed E-state index contributed by atoms with van der Waals surface area (Å²) in [5, 5.41) is 8.14. The van der Waals surface area contributed by atoms with Gasteiger partial charge in [0, 0.05) is 17.4 Å². The summed E-state index contributed by atoms with van der Waals surface area (Å²) in [5.74, 6) is 1.70. The van der Waals surface area contributed by atoms with Gasteiger partial charge in [-0.3, -0.25) is 0 Å². The van der Waals surface area contributed by atoms with Crippen molar-refractivity contribution < 1.29 is 9.53 Å². The van der Waals surface area contributed by atoms with Crippen LogP contribution in [-0.4, -0.2) is 32.4 Å². The van der Waals surface area contributed by atoms with Crippen molar-refractivity contribution in [3.05, 3.63) is 126 Å². The van der Waals surface area contributed by atoms with Gasteiger partial charge in [-0.25, -0.2) is 9.48 Å². The molecule has 2 amide bonds. The number of para-hydroxylation sites is 2. The standard InChI is InChI=1S/C31H29N5O2/c1-3-27-26-21-35(31(37)32-23-13-6-4-7-14-23)29(22-12-10-17-25(20-22)38-2)28-18-11-19-34(28)30(26)36(33-27)24-15-8-5-9-16-24/h4-20,29H,3,21H2,1-2H3,(H,32,37)/t29-/m1/s1. The molecule has 0 saturated heterocycles. The number of urea groups is 1. The van der Waals surface area contributed by atoms with Crippen molar-refractivity contribution in [1.29, 1.82) is 0 Å². The molecule has 7 nitrogen and oxygen atoms in total. The molecule has 3 aromatic carbocycles. The summed E-state index contributed by atoms with van der Waals surface area (Å²) in [6.45, 7) is 2.50. The number of hydrogen-bond acceptors (Lipinski definition) is 3. The third-order valence-electron chi connectivity index (χ3n) is 7.00. The van der Waals surface area contributed by atoms with Gasteiger partial charge in [-0.2, -0.15) is 5.10 Å². The van der Waals surface area contributed by atoms with E-state index in [-0.39, 0.29) is 12.1 Å². The quantitative estimate of drug-likeness (QED) is 0.303. The van der Waals surface area contributed by atoms with Gasteiger partial charge in [0.2, 0.25) is 0 Å². The molecule has 0 spiro atoms. The monoisotopic (exact) mass is 503 g/mol. The predicted octanol–water partition coefficient (Wildman–Crippen LogP) is 6.37. The van der Waals surface area contributed by atoms with Crippen LogP contribution in [0.15, 0.2) is 103 Å². The number of methoxy groups -OCH3 is 1. The van der Waals surface area contributed by atoms with Gasteiger partial charge in [0.25, 0.3) is 0 Å². The normalized spacial score (nSPS) is 14.4. The molecule has 7 heteroatoms. The zero-order valence-corrected chi connectivity index (χ0v) is 21.4. The average molecular weight is 504 g/mol. The van der Waals surface area contributed by atoms with Crippen LogP contribution in [0.4, 0.5) is 10.5 Å². The Morgan fingerprint density at radius 3 is 2.47 bits per heavy atom. The van der Waals surface area contributed by atoms with E-state index in [9.17, 15) is 4.79 Å². The Kier molecular flexibility index (Phi) is 6.17. The van der Waals surface area contributed by atoms with Crippen LogP contribution in [0.5, 0.6) is 5.75 Å². The van der Waals surface area contributed by atoms with Crippen molar-refractivity contribution in [1.82, 2.24) is 19.2 Å². The number of carbonyl (C=O) groups is 1. The number of anilines is 1. The number of aromatic nitrogens is 3. The maximum atomic E-state index is 14.0. The number of benzene rings is 3. The van der Waals surface area contributed by atoms with Crippen LogP contribution in [-0.2, 0) is 13.0 Å². The van der Waals surface area contributed by atoms with E-state index >= 15 is 0 Å². The fourth-order valence-corrected chi connectivity index (χ4v) is 5.23. The fraction of sp³-hybridized carbons (Fsp3) is 0.161. The number of hydrogen-bond donors (Lipinski definition) is 1. The Balaban J connectivity index is 1.56. The zero-order chi connectivity index (χ0) is 26.1. The molecular weight excluding hydrogens is 474 g/mol. The molecule has 3 heterocycles. The zero-order valence-electron chi connectivity index (χ0n) is 21.4. The first-order valence-corrected chi connectivity index (χ1v) is 12.8. The van der Waals surface area contributed by atoms with Gasteiger partial charge in [-0.15, -0.1) is 0 Å². The van der Waals surface area contributed by atoms with Gasteiger partial charge in [-0.05, 0) is 60.5 Å². The number of nitrogens with one attached hydrogen (secondary N) is 1. The van der Waals surface area contributed by atoms with Gasteiger partial charge < -0.3 is 19.5 Å². The van der Waals surface area contributed by atoms with Gasteiger partial charge in [0.15, 0.2) is 0 Å². The Morgan fingerprint density at radius 1 is 0.974 bits per heavy atom. The van der Waals surface area contributed by atoms with Crippen LogP contribution >= 0.6 is 0 Å². The van der Waals surface area contributed by atoms with E-state index in [0.717, 1.165) is 51.9 Å². The molecule has 0 aliphatic carbocycles. The first-order chi connectivity index (χ1) is 18.7. The Morgan fingerprint density at radius 2 is 1.74 bits per heavy atom. The van der Waals surface area contributed by atoms with Crippen molar-refractivity contribution >= 4 is 11.7 Å². The lowest BCUT2D eigenvalue weighted by Crippen LogP contribution is -2.38. The van der Waals surface area contributed by atoms with Gasteiger partial charge >= 0.3 is 6.03 Å². The summed E-state index contributed by atoms with van der Waals surface area (Å²) in [7, 11) is 1.66. The number of nitrogens with zero attached hydrogens (tertiary/aromatic N) is 4. The van der Waals surface area contributed by atoms with Crippen molar-refractivity contribution in [2.75, 3.05) is 12.4 Å². The Hall–Kier alpha value is -4.78. The van der Waals surface area contributed by atoms with E-state index in [0.29, 0.717) is 6.54 Å². The van der Waals surface area contributed by atoms with Crippen molar-refractivity contribution in [2.45, 2.75) is 25.9 Å². The Labute approximate surface area is 221 Å². The average Bonchev–Trinajstić information content (AvgIpc) is 3.55. The lowest BCUT2D eigenvalue weighted by atomic mass is 10.0.